The number of methoxy groups -OCH3 is 1. The summed E-state index contributed by atoms with van der Waals surface area (Å²) in [4.78, 5) is 8.80. The summed E-state index contributed by atoms with van der Waals surface area (Å²) in [5, 5.41) is 14.3. The van der Waals surface area contributed by atoms with Crippen LogP contribution in [-0.2, 0) is 0 Å². The number of para-hydroxylation sites is 2. The molecule has 31 heavy (non-hydrogen) atoms. The summed E-state index contributed by atoms with van der Waals surface area (Å²) in [5.74, 6) is 2.67. The first-order valence-corrected chi connectivity index (χ1v) is 10.4. The van der Waals surface area contributed by atoms with Crippen LogP contribution in [0.2, 0.25) is 0 Å². The van der Waals surface area contributed by atoms with Crippen molar-refractivity contribution in [1.82, 2.24) is 15.0 Å². The number of piperazine rings is 1. The van der Waals surface area contributed by atoms with Crippen molar-refractivity contribution < 1.29 is 19.1 Å². The molecule has 1 saturated heterocycles. The minimum atomic E-state index is -0.558. The summed E-state index contributed by atoms with van der Waals surface area (Å²) in [6.07, 6.45) is -0.558. The molecule has 1 atom stereocenters. The summed E-state index contributed by atoms with van der Waals surface area (Å²) < 4.78 is 16.2. The molecule has 0 aliphatic carbocycles. The van der Waals surface area contributed by atoms with E-state index in [1.807, 2.05) is 42.5 Å². The normalized spacial score (nSPS) is 15.6. The van der Waals surface area contributed by atoms with Crippen molar-refractivity contribution in [3.05, 3.63) is 54.4 Å². The van der Waals surface area contributed by atoms with Crippen LogP contribution >= 0.6 is 0 Å². The number of aliphatic hydroxyl groups is 1. The van der Waals surface area contributed by atoms with Crippen molar-refractivity contribution in [3.8, 4) is 22.9 Å². The number of β-amino-alcohol motifs (C(OH)–C–C–N with tert-alkyl or cyclic N) is 1. The summed E-state index contributed by atoms with van der Waals surface area (Å²) in [5.41, 5.74) is 1.98. The number of hydrogen-bond donors (Lipinski definition) is 1. The monoisotopic (exact) mass is 424 g/mol. The minimum Gasteiger partial charge on any atom is -0.495 e. The highest BCUT2D eigenvalue weighted by Gasteiger charge is 2.21. The molecule has 1 fully saturated rings. The third-order valence-electron chi connectivity index (χ3n) is 5.35. The Morgan fingerprint density at radius 1 is 1.06 bits per heavy atom. The van der Waals surface area contributed by atoms with E-state index in [9.17, 15) is 5.11 Å². The van der Waals surface area contributed by atoms with Gasteiger partial charge in [0.2, 0.25) is 11.7 Å². The Balaban J connectivity index is 1.22. The van der Waals surface area contributed by atoms with E-state index < -0.39 is 6.10 Å². The standard InChI is InChI=1S/C23H28N4O4/c1-17-24-23(25-31-17)18-7-9-20(10-8-18)30-16-19(28)15-26-11-13-27(14-12-26)21-5-3-4-6-22(21)29-2/h3-10,19,28H,11-16H2,1-2H3. The first kappa shape index (κ1) is 21.1. The molecule has 2 aromatic carbocycles. The molecule has 164 valence electrons. The first-order valence-electron chi connectivity index (χ1n) is 10.4. The maximum atomic E-state index is 10.4. The maximum Gasteiger partial charge on any atom is 0.223 e. The summed E-state index contributed by atoms with van der Waals surface area (Å²) in [6, 6.07) is 15.5. The number of ether oxygens (including phenoxy) is 2. The van der Waals surface area contributed by atoms with Gasteiger partial charge >= 0.3 is 0 Å². The minimum absolute atomic E-state index is 0.243. The third kappa shape index (κ3) is 5.34. The average molecular weight is 425 g/mol. The number of aliphatic hydroxyl groups excluding tert-OH is 1. The quantitative estimate of drug-likeness (QED) is 0.591. The number of anilines is 1. The van der Waals surface area contributed by atoms with E-state index in [4.69, 9.17) is 14.0 Å². The Bertz CT molecular complexity index is 968. The van der Waals surface area contributed by atoms with E-state index >= 15 is 0 Å². The molecule has 1 aliphatic rings. The van der Waals surface area contributed by atoms with Crippen molar-refractivity contribution in [2.45, 2.75) is 13.0 Å². The van der Waals surface area contributed by atoms with Gasteiger partial charge in [-0.25, -0.2) is 0 Å². The molecule has 4 rings (SSSR count). The molecular formula is C23H28N4O4. The molecule has 0 amide bonds. The lowest BCUT2D eigenvalue weighted by Crippen LogP contribution is -2.49. The van der Waals surface area contributed by atoms with Crippen molar-refractivity contribution in [3.63, 3.8) is 0 Å². The van der Waals surface area contributed by atoms with Gasteiger partial charge < -0.3 is 24.0 Å². The largest absolute Gasteiger partial charge is 0.495 e. The van der Waals surface area contributed by atoms with Gasteiger partial charge in [-0.3, -0.25) is 4.90 Å². The predicted molar refractivity (Wildman–Crippen MR) is 118 cm³/mol. The first-order chi connectivity index (χ1) is 15.1. The molecule has 3 aromatic rings. The second-order valence-electron chi connectivity index (χ2n) is 7.59. The fourth-order valence-electron chi connectivity index (χ4n) is 3.72. The molecule has 0 bridgehead atoms. The van der Waals surface area contributed by atoms with Crippen LogP contribution in [0.1, 0.15) is 5.89 Å². The van der Waals surface area contributed by atoms with E-state index in [2.05, 4.69) is 26.0 Å². The van der Waals surface area contributed by atoms with Gasteiger partial charge in [0.1, 0.15) is 24.2 Å². The molecule has 0 radical (unpaired) electrons. The Morgan fingerprint density at radius 2 is 1.81 bits per heavy atom. The van der Waals surface area contributed by atoms with Gasteiger partial charge in [0.05, 0.1) is 12.8 Å². The van der Waals surface area contributed by atoms with Crippen molar-refractivity contribution in [2.24, 2.45) is 0 Å². The molecule has 1 aromatic heterocycles. The SMILES string of the molecule is COc1ccccc1N1CCN(CC(O)COc2ccc(-c3noc(C)n3)cc2)CC1. The van der Waals surface area contributed by atoms with Crippen LogP contribution in [0.25, 0.3) is 11.4 Å². The van der Waals surface area contributed by atoms with Gasteiger partial charge in [-0.15, -0.1) is 0 Å². The van der Waals surface area contributed by atoms with E-state index in [0.717, 1.165) is 43.2 Å². The zero-order valence-corrected chi connectivity index (χ0v) is 17.9. The van der Waals surface area contributed by atoms with Gasteiger partial charge in [-0.1, -0.05) is 17.3 Å². The highest BCUT2D eigenvalue weighted by atomic mass is 16.5. The second-order valence-corrected chi connectivity index (χ2v) is 7.59. The van der Waals surface area contributed by atoms with E-state index in [0.29, 0.717) is 24.0 Å². The molecule has 8 nitrogen and oxygen atoms in total. The topological polar surface area (TPSA) is 84.1 Å². The van der Waals surface area contributed by atoms with Crippen LogP contribution in [0.5, 0.6) is 11.5 Å². The van der Waals surface area contributed by atoms with Crippen molar-refractivity contribution >= 4 is 5.69 Å². The highest BCUT2D eigenvalue weighted by Crippen LogP contribution is 2.28. The van der Waals surface area contributed by atoms with E-state index in [-0.39, 0.29) is 6.61 Å². The Morgan fingerprint density at radius 3 is 2.48 bits per heavy atom. The third-order valence-corrected chi connectivity index (χ3v) is 5.35. The Hall–Kier alpha value is -3.10. The van der Waals surface area contributed by atoms with Crippen molar-refractivity contribution in [1.29, 1.82) is 0 Å². The molecule has 2 heterocycles. The molecule has 0 saturated carbocycles. The number of rotatable bonds is 8. The second kappa shape index (κ2) is 9.80. The van der Waals surface area contributed by atoms with Crippen LogP contribution < -0.4 is 14.4 Å². The molecule has 1 unspecified atom stereocenters. The highest BCUT2D eigenvalue weighted by molar-refractivity contribution is 5.58. The fraction of sp³-hybridized carbons (Fsp3) is 0.391. The van der Waals surface area contributed by atoms with Crippen LogP contribution in [0.3, 0.4) is 0 Å². The zero-order chi connectivity index (χ0) is 21.6. The summed E-state index contributed by atoms with van der Waals surface area (Å²) in [6.45, 7) is 6.14. The average Bonchev–Trinajstić information content (AvgIpc) is 3.25. The van der Waals surface area contributed by atoms with Gasteiger partial charge in [0, 0.05) is 45.2 Å². The molecule has 1 N–H and O–H groups in total. The summed E-state index contributed by atoms with van der Waals surface area (Å²) >= 11 is 0. The van der Waals surface area contributed by atoms with Gasteiger partial charge in [-0.2, -0.15) is 4.98 Å². The molecule has 0 spiro atoms. The Labute approximate surface area is 182 Å². The number of aromatic nitrogens is 2. The van der Waals surface area contributed by atoms with E-state index in [1.165, 1.54) is 0 Å². The Kier molecular flexibility index (Phi) is 6.69. The van der Waals surface area contributed by atoms with Crippen molar-refractivity contribution in [2.75, 3.05) is 51.3 Å². The lowest BCUT2D eigenvalue weighted by molar-refractivity contribution is 0.0663. The number of nitrogens with zero attached hydrogens (tertiary/aromatic N) is 4. The lowest BCUT2D eigenvalue weighted by atomic mass is 10.2. The maximum absolute atomic E-state index is 10.4. The molecule has 8 heteroatoms. The van der Waals surface area contributed by atoms with Gasteiger partial charge in [0.25, 0.3) is 0 Å². The number of hydrogen-bond acceptors (Lipinski definition) is 8. The number of aryl methyl sites for hydroxylation is 1. The number of benzene rings is 2. The van der Waals surface area contributed by atoms with Gasteiger partial charge in [-0.05, 0) is 36.4 Å². The van der Waals surface area contributed by atoms with Crippen LogP contribution in [0.4, 0.5) is 5.69 Å². The molecule has 1 aliphatic heterocycles. The zero-order valence-electron chi connectivity index (χ0n) is 17.9. The predicted octanol–water partition coefficient (Wildman–Crippen LogP) is 2.62. The van der Waals surface area contributed by atoms with Crippen LogP contribution in [-0.4, -0.2) is 72.7 Å². The molecular weight excluding hydrogens is 396 g/mol. The fourth-order valence-corrected chi connectivity index (χ4v) is 3.72. The van der Waals surface area contributed by atoms with Crippen LogP contribution in [0.15, 0.2) is 53.1 Å². The summed E-state index contributed by atoms with van der Waals surface area (Å²) in [7, 11) is 1.70. The lowest BCUT2D eigenvalue weighted by Gasteiger charge is -2.37. The van der Waals surface area contributed by atoms with Gasteiger partial charge in [0.15, 0.2) is 0 Å². The smallest absolute Gasteiger partial charge is 0.223 e. The van der Waals surface area contributed by atoms with E-state index in [1.54, 1.807) is 14.0 Å². The van der Waals surface area contributed by atoms with Crippen LogP contribution in [0, 0.1) is 6.92 Å².